The number of sulfone groups is 1. The quantitative estimate of drug-likeness (QED) is 0.877. The second-order valence-electron chi connectivity index (χ2n) is 4.62. The minimum Gasteiger partial charge on any atom is -0.480 e. The molecule has 21 heavy (non-hydrogen) atoms. The van der Waals surface area contributed by atoms with E-state index in [-0.39, 0.29) is 10.8 Å². The Labute approximate surface area is 122 Å². The van der Waals surface area contributed by atoms with Crippen LogP contribution in [-0.4, -0.2) is 43.8 Å². The predicted octanol–water partition coefficient (Wildman–Crippen LogP) is 0.679. The molecule has 0 saturated carbocycles. The Balaban J connectivity index is 2.50. The lowest BCUT2D eigenvalue weighted by atomic mass is 10.2. The van der Waals surface area contributed by atoms with Gasteiger partial charge in [-0.15, -0.1) is 0 Å². The van der Waals surface area contributed by atoms with Crippen molar-refractivity contribution in [2.75, 3.05) is 17.2 Å². The molecule has 1 unspecified atom stereocenters. The van der Waals surface area contributed by atoms with Crippen LogP contribution in [0.1, 0.15) is 13.8 Å². The summed E-state index contributed by atoms with van der Waals surface area (Å²) in [4.78, 5) is 23.9. The fourth-order valence-corrected chi connectivity index (χ4v) is 3.21. The van der Waals surface area contributed by atoms with E-state index in [0.29, 0.717) is 18.0 Å². The van der Waals surface area contributed by atoms with Crippen molar-refractivity contribution in [3.05, 3.63) is 18.2 Å². The van der Waals surface area contributed by atoms with E-state index in [0.717, 1.165) is 0 Å². The Morgan fingerprint density at radius 1 is 1.43 bits per heavy atom. The van der Waals surface area contributed by atoms with Crippen LogP contribution >= 0.6 is 0 Å². The van der Waals surface area contributed by atoms with Crippen LogP contribution in [0.3, 0.4) is 0 Å². The molecular formula is C13H15NO6S. The molecule has 114 valence electrons. The van der Waals surface area contributed by atoms with Gasteiger partial charge in [0.15, 0.2) is 21.7 Å². The Morgan fingerprint density at radius 2 is 2.10 bits per heavy atom. The second kappa shape index (κ2) is 5.36. The number of fused-ring (bicyclic) bond motifs is 1. The molecule has 0 aromatic heterocycles. The molecule has 0 radical (unpaired) electrons. The number of carboxylic acids is 1. The van der Waals surface area contributed by atoms with Gasteiger partial charge in [0, 0.05) is 6.54 Å². The van der Waals surface area contributed by atoms with Gasteiger partial charge in [-0.3, -0.25) is 9.59 Å². The highest BCUT2D eigenvalue weighted by atomic mass is 32.2. The summed E-state index contributed by atoms with van der Waals surface area (Å²) in [6.45, 7) is 3.74. The van der Waals surface area contributed by atoms with E-state index in [1.807, 2.05) is 0 Å². The molecule has 7 nitrogen and oxygen atoms in total. The summed E-state index contributed by atoms with van der Waals surface area (Å²) in [7, 11) is -3.95. The number of likely N-dealkylation sites (N-methyl/N-ethyl adjacent to an activating group) is 1. The summed E-state index contributed by atoms with van der Waals surface area (Å²) in [6, 6.07) is 4.00. The third-order valence-corrected chi connectivity index (χ3v) is 4.73. The number of hydrogen-bond donors (Lipinski definition) is 1. The molecule has 1 heterocycles. The first-order valence-electron chi connectivity index (χ1n) is 6.33. The number of nitrogens with zero attached hydrogens (tertiary/aromatic N) is 1. The van der Waals surface area contributed by atoms with Gasteiger partial charge >= 0.3 is 5.97 Å². The number of hydrogen-bond acceptors (Lipinski definition) is 5. The van der Waals surface area contributed by atoms with Crippen LogP contribution in [0.25, 0.3) is 0 Å². The maximum Gasteiger partial charge on any atom is 0.319 e. The van der Waals surface area contributed by atoms with E-state index in [1.165, 1.54) is 23.1 Å². The van der Waals surface area contributed by atoms with Gasteiger partial charge < -0.3 is 14.7 Å². The molecule has 0 fully saturated rings. The lowest BCUT2D eigenvalue weighted by Crippen LogP contribution is -2.44. The summed E-state index contributed by atoms with van der Waals surface area (Å²) in [6.07, 6.45) is -0.640. The molecule has 1 aliphatic heterocycles. The molecule has 8 heteroatoms. The minimum absolute atomic E-state index is 0.145. The van der Waals surface area contributed by atoms with Crippen molar-refractivity contribution in [3.63, 3.8) is 0 Å². The van der Waals surface area contributed by atoms with Gasteiger partial charge in [-0.2, -0.15) is 0 Å². The van der Waals surface area contributed by atoms with Crippen molar-refractivity contribution < 1.29 is 27.9 Å². The van der Waals surface area contributed by atoms with Crippen LogP contribution in [0.5, 0.6) is 5.75 Å². The van der Waals surface area contributed by atoms with E-state index in [2.05, 4.69) is 0 Å². The SMILES string of the molecule is CCN1C(=O)C(C)Oc2ccc(S(=O)(=O)CC(=O)O)cc21. The number of carbonyl (C=O) groups is 2. The zero-order valence-electron chi connectivity index (χ0n) is 11.6. The zero-order chi connectivity index (χ0) is 15.8. The van der Waals surface area contributed by atoms with Gasteiger partial charge in [0.05, 0.1) is 10.6 Å². The molecule has 0 bridgehead atoms. The fourth-order valence-electron chi connectivity index (χ4n) is 2.15. The normalized spacial score (nSPS) is 18.1. The van der Waals surface area contributed by atoms with Gasteiger partial charge in [-0.05, 0) is 32.0 Å². The van der Waals surface area contributed by atoms with E-state index in [1.54, 1.807) is 13.8 Å². The fraction of sp³-hybridized carbons (Fsp3) is 0.385. The predicted molar refractivity (Wildman–Crippen MR) is 74.2 cm³/mol. The Bertz CT molecular complexity index is 697. The topological polar surface area (TPSA) is 101 Å². The summed E-state index contributed by atoms with van der Waals surface area (Å²) in [5.74, 6) is -2.29. The first kappa shape index (κ1) is 15.3. The average molecular weight is 313 g/mol. The van der Waals surface area contributed by atoms with Crippen LogP contribution in [0, 0.1) is 0 Å². The highest BCUT2D eigenvalue weighted by Gasteiger charge is 2.32. The third-order valence-electron chi connectivity index (χ3n) is 3.13. The molecule has 0 aliphatic carbocycles. The molecular weight excluding hydrogens is 298 g/mol. The van der Waals surface area contributed by atoms with Crippen molar-refractivity contribution in [1.82, 2.24) is 0 Å². The van der Waals surface area contributed by atoms with Gasteiger partial charge in [0.2, 0.25) is 0 Å². The smallest absolute Gasteiger partial charge is 0.319 e. The number of carbonyl (C=O) groups excluding carboxylic acids is 1. The third kappa shape index (κ3) is 2.85. The lowest BCUT2D eigenvalue weighted by molar-refractivity contribution is -0.134. The van der Waals surface area contributed by atoms with E-state index in [9.17, 15) is 18.0 Å². The summed E-state index contributed by atoms with van der Waals surface area (Å²) < 4.78 is 29.3. The number of anilines is 1. The molecule has 1 amide bonds. The Morgan fingerprint density at radius 3 is 2.67 bits per heavy atom. The van der Waals surface area contributed by atoms with Crippen LogP contribution in [-0.2, 0) is 19.4 Å². The molecule has 0 spiro atoms. The van der Waals surface area contributed by atoms with Crippen LogP contribution in [0.4, 0.5) is 5.69 Å². The molecule has 2 rings (SSSR count). The number of rotatable bonds is 4. The second-order valence-corrected chi connectivity index (χ2v) is 6.61. The van der Waals surface area contributed by atoms with Gasteiger partial charge in [-0.25, -0.2) is 8.42 Å². The Kier molecular flexibility index (Phi) is 3.91. The first-order chi connectivity index (χ1) is 9.76. The highest BCUT2D eigenvalue weighted by Crippen LogP contribution is 2.36. The number of aliphatic carboxylic acids is 1. The lowest BCUT2D eigenvalue weighted by Gasteiger charge is -2.32. The molecule has 1 aliphatic rings. The maximum absolute atomic E-state index is 12.0. The van der Waals surface area contributed by atoms with E-state index >= 15 is 0 Å². The number of benzene rings is 1. The maximum atomic E-state index is 12.0. The van der Waals surface area contributed by atoms with Crippen molar-refractivity contribution in [2.45, 2.75) is 24.8 Å². The van der Waals surface area contributed by atoms with E-state index < -0.39 is 27.7 Å². The van der Waals surface area contributed by atoms with Crippen molar-refractivity contribution in [3.8, 4) is 5.75 Å². The largest absolute Gasteiger partial charge is 0.480 e. The van der Waals surface area contributed by atoms with Crippen LogP contribution < -0.4 is 9.64 Å². The molecule has 1 aromatic carbocycles. The number of amides is 1. The van der Waals surface area contributed by atoms with Gasteiger partial charge in [0.1, 0.15) is 5.75 Å². The van der Waals surface area contributed by atoms with Gasteiger partial charge in [0.25, 0.3) is 5.91 Å². The summed E-state index contributed by atoms with van der Waals surface area (Å²) >= 11 is 0. The average Bonchev–Trinajstić information content (AvgIpc) is 2.38. The number of ether oxygens (including phenoxy) is 1. The molecule has 1 N–H and O–H groups in total. The van der Waals surface area contributed by atoms with Crippen molar-refractivity contribution in [2.24, 2.45) is 0 Å². The standard InChI is InChI=1S/C13H15NO6S/c1-3-14-10-6-9(21(18,19)7-12(15)16)4-5-11(10)20-8(2)13(14)17/h4-6,8H,3,7H2,1-2H3,(H,15,16). The van der Waals surface area contributed by atoms with E-state index in [4.69, 9.17) is 9.84 Å². The molecule has 0 saturated heterocycles. The van der Waals surface area contributed by atoms with Crippen molar-refractivity contribution in [1.29, 1.82) is 0 Å². The minimum atomic E-state index is -3.95. The summed E-state index contributed by atoms with van der Waals surface area (Å²) in [5.41, 5.74) is 0.340. The Hall–Kier alpha value is -2.09. The molecule has 1 aromatic rings. The first-order valence-corrected chi connectivity index (χ1v) is 7.98. The molecule has 1 atom stereocenters. The van der Waals surface area contributed by atoms with Crippen LogP contribution in [0.15, 0.2) is 23.1 Å². The summed E-state index contributed by atoms with van der Waals surface area (Å²) in [5, 5.41) is 8.66. The van der Waals surface area contributed by atoms with Gasteiger partial charge in [-0.1, -0.05) is 0 Å². The monoisotopic (exact) mass is 313 g/mol. The van der Waals surface area contributed by atoms with Crippen molar-refractivity contribution >= 4 is 27.4 Å². The van der Waals surface area contributed by atoms with Crippen LogP contribution in [0.2, 0.25) is 0 Å². The zero-order valence-corrected chi connectivity index (χ0v) is 12.4. The number of carboxylic acid groups (broad SMARTS) is 1. The highest BCUT2D eigenvalue weighted by molar-refractivity contribution is 7.92.